The second-order valence-corrected chi connectivity index (χ2v) is 4.81. The van der Waals surface area contributed by atoms with Crippen molar-refractivity contribution in [3.05, 3.63) is 39.4 Å². The first-order valence-corrected chi connectivity index (χ1v) is 5.99. The number of rotatable bonds is 5. The van der Waals surface area contributed by atoms with Crippen LogP contribution in [0.25, 0.3) is 0 Å². The van der Waals surface area contributed by atoms with Gasteiger partial charge < -0.3 is 5.11 Å². The Balaban J connectivity index is 2.27. The largest absolute Gasteiger partial charge is 0.477 e. The number of halogens is 3. The molecule has 6 nitrogen and oxygen atoms in total. The number of carbonyl (C=O) groups is 1. The molecule has 0 spiro atoms. The molecule has 0 bridgehead atoms. The second kappa shape index (κ2) is 4.99. The van der Waals surface area contributed by atoms with Crippen molar-refractivity contribution in [2.24, 2.45) is 0 Å². The summed E-state index contributed by atoms with van der Waals surface area (Å²) in [5.41, 5.74) is -3.29. The minimum Gasteiger partial charge on any atom is -0.477 e. The van der Waals surface area contributed by atoms with E-state index in [-0.39, 0.29) is 18.4 Å². The molecule has 0 heterocycles. The number of carboxylic acid groups (broad SMARTS) is 1. The van der Waals surface area contributed by atoms with Crippen LogP contribution < -0.4 is 5.32 Å². The third-order valence-electron chi connectivity index (χ3n) is 3.45. The van der Waals surface area contributed by atoms with Crippen LogP contribution >= 0.6 is 0 Å². The fourth-order valence-corrected chi connectivity index (χ4v) is 2.08. The van der Waals surface area contributed by atoms with Gasteiger partial charge in [0.1, 0.15) is 11.1 Å². The molecule has 2 rings (SSSR count). The molecule has 1 aliphatic rings. The summed E-state index contributed by atoms with van der Waals surface area (Å²) >= 11 is 0. The lowest BCUT2D eigenvalue weighted by molar-refractivity contribution is -0.385. The number of carboxylic acids is 1. The van der Waals surface area contributed by atoms with Crippen molar-refractivity contribution in [1.29, 1.82) is 0 Å². The van der Waals surface area contributed by atoms with E-state index in [0.717, 1.165) is 6.07 Å². The van der Waals surface area contributed by atoms with E-state index in [1.165, 1.54) is 12.1 Å². The van der Waals surface area contributed by atoms with Gasteiger partial charge in [-0.25, -0.2) is 4.79 Å². The fourth-order valence-electron chi connectivity index (χ4n) is 2.08. The van der Waals surface area contributed by atoms with Crippen LogP contribution in [0.2, 0.25) is 0 Å². The normalized spacial score (nSPS) is 16.5. The average Bonchev–Trinajstić information content (AvgIpc) is 3.16. The van der Waals surface area contributed by atoms with E-state index in [2.05, 4.69) is 5.32 Å². The van der Waals surface area contributed by atoms with Gasteiger partial charge in [0.05, 0.1) is 4.92 Å². The molecule has 1 fully saturated rings. The fraction of sp³-hybridized carbons (Fsp3) is 0.417. The van der Waals surface area contributed by atoms with Crippen molar-refractivity contribution < 1.29 is 28.0 Å². The lowest BCUT2D eigenvalue weighted by Gasteiger charge is -2.21. The lowest BCUT2D eigenvalue weighted by atomic mass is 10.0. The Morgan fingerprint density at radius 3 is 2.48 bits per heavy atom. The van der Waals surface area contributed by atoms with Crippen molar-refractivity contribution in [3.8, 4) is 0 Å². The van der Waals surface area contributed by atoms with E-state index in [1.807, 2.05) is 0 Å². The van der Waals surface area contributed by atoms with E-state index >= 15 is 0 Å². The molecule has 1 aromatic carbocycles. The minimum atomic E-state index is -4.43. The number of nitro benzene ring substituents is 1. The molecule has 0 unspecified atom stereocenters. The molecule has 0 radical (unpaired) electrons. The summed E-state index contributed by atoms with van der Waals surface area (Å²) < 4.78 is 38.3. The number of aromatic carboxylic acids is 1. The Morgan fingerprint density at radius 1 is 1.43 bits per heavy atom. The summed E-state index contributed by atoms with van der Waals surface area (Å²) in [6.07, 6.45) is -4.61. The summed E-state index contributed by atoms with van der Waals surface area (Å²) in [5, 5.41) is 22.1. The topological polar surface area (TPSA) is 92.5 Å². The highest BCUT2D eigenvalue weighted by Gasteiger charge is 2.63. The van der Waals surface area contributed by atoms with Crippen LogP contribution in [0.3, 0.4) is 0 Å². The predicted molar refractivity (Wildman–Crippen MR) is 64.9 cm³/mol. The number of nitrogens with one attached hydrogen (secondary N) is 1. The summed E-state index contributed by atoms with van der Waals surface area (Å²) in [6, 6.07) is 3.51. The smallest absolute Gasteiger partial charge is 0.406 e. The highest BCUT2D eigenvalue weighted by molar-refractivity contribution is 5.94. The SMILES string of the molecule is O=C(O)c1c(CNC2(C(F)(F)F)CC2)cccc1[N+](=O)[O-]. The van der Waals surface area contributed by atoms with Gasteiger partial charge in [0, 0.05) is 12.6 Å². The zero-order valence-corrected chi connectivity index (χ0v) is 10.6. The molecule has 2 N–H and O–H groups in total. The van der Waals surface area contributed by atoms with Crippen LogP contribution in [0.1, 0.15) is 28.8 Å². The molecule has 9 heteroatoms. The molecular weight excluding hydrogens is 293 g/mol. The van der Waals surface area contributed by atoms with Crippen LogP contribution in [0, 0.1) is 10.1 Å². The van der Waals surface area contributed by atoms with Crippen LogP contribution in [-0.4, -0.2) is 27.7 Å². The zero-order valence-electron chi connectivity index (χ0n) is 10.6. The van der Waals surface area contributed by atoms with Crippen molar-refractivity contribution in [2.45, 2.75) is 31.1 Å². The summed E-state index contributed by atoms with van der Waals surface area (Å²) in [7, 11) is 0. The van der Waals surface area contributed by atoms with Gasteiger partial charge in [0.15, 0.2) is 0 Å². The summed E-state index contributed by atoms with van der Waals surface area (Å²) in [6.45, 7) is -0.400. The molecule has 1 aromatic rings. The number of alkyl halides is 3. The highest BCUT2D eigenvalue weighted by atomic mass is 19.4. The van der Waals surface area contributed by atoms with Gasteiger partial charge in [-0.2, -0.15) is 13.2 Å². The van der Waals surface area contributed by atoms with Gasteiger partial charge in [-0.3, -0.25) is 15.4 Å². The van der Waals surface area contributed by atoms with Gasteiger partial charge in [0.25, 0.3) is 5.69 Å². The first-order chi connectivity index (χ1) is 9.68. The van der Waals surface area contributed by atoms with Gasteiger partial charge in [-0.1, -0.05) is 12.1 Å². The lowest BCUT2D eigenvalue weighted by Crippen LogP contribution is -2.44. The van der Waals surface area contributed by atoms with Crippen LogP contribution in [0.15, 0.2) is 18.2 Å². The highest BCUT2D eigenvalue weighted by Crippen LogP contribution is 2.49. The molecule has 1 saturated carbocycles. The first kappa shape index (κ1) is 15.2. The Labute approximate surface area is 116 Å². The number of nitro groups is 1. The Morgan fingerprint density at radius 2 is 2.05 bits per heavy atom. The third-order valence-corrected chi connectivity index (χ3v) is 3.45. The van der Waals surface area contributed by atoms with Gasteiger partial charge >= 0.3 is 12.1 Å². The third kappa shape index (κ3) is 2.82. The maximum atomic E-state index is 12.8. The zero-order chi connectivity index (χ0) is 15.8. The molecule has 1 aliphatic carbocycles. The molecule has 0 aliphatic heterocycles. The maximum Gasteiger partial charge on any atom is 0.406 e. The van der Waals surface area contributed by atoms with E-state index in [0.29, 0.717) is 0 Å². The number of hydrogen-bond acceptors (Lipinski definition) is 4. The second-order valence-electron chi connectivity index (χ2n) is 4.81. The van der Waals surface area contributed by atoms with Crippen LogP contribution in [-0.2, 0) is 6.54 Å². The Bertz CT molecular complexity index is 597. The molecule has 0 atom stereocenters. The molecule has 0 aromatic heterocycles. The van der Waals surface area contributed by atoms with Gasteiger partial charge in [-0.05, 0) is 18.4 Å². The van der Waals surface area contributed by atoms with Crippen LogP contribution in [0.5, 0.6) is 0 Å². The average molecular weight is 304 g/mol. The number of hydrogen-bond donors (Lipinski definition) is 2. The van der Waals surface area contributed by atoms with Crippen molar-refractivity contribution in [3.63, 3.8) is 0 Å². The first-order valence-electron chi connectivity index (χ1n) is 5.99. The van der Waals surface area contributed by atoms with Crippen molar-refractivity contribution >= 4 is 11.7 Å². The summed E-state index contributed by atoms with van der Waals surface area (Å²) in [5.74, 6) is -1.55. The van der Waals surface area contributed by atoms with Crippen molar-refractivity contribution in [2.75, 3.05) is 0 Å². The maximum absolute atomic E-state index is 12.8. The summed E-state index contributed by atoms with van der Waals surface area (Å²) in [4.78, 5) is 21.1. The van der Waals surface area contributed by atoms with Crippen molar-refractivity contribution in [1.82, 2.24) is 5.32 Å². The van der Waals surface area contributed by atoms with E-state index < -0.39 is 40.4 Å². The number of benzene rings is 1. The van der Waals surface area contributed by atoms with Crippen LogP contribution in [0.4, 0.5) is 18.9 Å². The molecule has 0 amide bonds. The molecule has 0 saturated heterocycles. The molecule has 21 heavy (non-hydrogen) atoms. The monoisotopic (exact) mass is 304 g/mol. The molecular formula is C12H11F3N2O4. The Kier molecular flexibility index (Phi) is 3.62. The van der Waals surface area contributed by atoms with E-state index in [4.69, 9.17) is 5.11 Å². The number of nitrogens with zero attached hydrogens (tertiary/aromatic N) is 1. The Hall–Kier alpha value is -2.16. The minimum absolute atomic E-state index is 0.0489. The standard InChI is InChI=1S/C12H11F3N2O4/c13-12(14,15)11(4-5-11)16-6-7-2-1-3-8(17(20)21)9(7)10(18)19/h1-3,16H,4-6H2,(H,18,19). The van der Waals surface area contributed by atoms with E-state index in [1.54, 1.807) is 0 Å². The van der Waals surface area contributed by atoms with Gasteiger partial charge in [0.2, 0.25) is 0 Å². The quantitative estimate of drug-likeness (QED) is 0.644. The van der Waals surface area contributed by atoms with E-state index in [9.17, 15) is 28.1 Å². The van der Waals surface area contributed by atoms with Gasteiger partial charge in [-0.15, -0.1) is 0 Å². The predicted octanol–water partition coefficient (Wildman–Crippen LogP) is 2.48. The molecule has 114 valence electrons.